The van der Waals surface area contributed by atoms with Crippen molar-refractivity contribution in [1.29, 1.82) is 0 Å². The number of thioether (sulfide) groups is 1. The van der Waals surface area contributed by atoms with Crippen LogP contribution in [0.3, 0.4) is 0 Å². The van der Waals surface area contributed by atoms with Crippen molar-refractivity contribution >= 4 is 11.8 Å². The normalized spacial score (nSPS) is 54.8. The van der Waals surface area contributed by atoms with E-state index in [4.69, 9.17) is 0 Å². The largest absolute Gasteiger partial charge is 0.154 e. The molecular weight excluding hydrogens is 152 g/mol. The average molecular weight is 170 g/mol. The van der Waals surface area contributed by atoms with E-state index in [1.165, 1.54) is 5.75 Å². The van der Waals surface area contributed by atoms with Gasteiger partial charge in [0, 0.05) is 4.75 Å². The van der Waals surface area contributed by atoms with Gasteiger partial charge in [0.2, 0.25) is 0 Å². The SMILES string of the molecule is CC1CSC2(C(C)C)C(C)C12. The minimum Gasteiger partial charge on any atom is -0.154 e. The molecule has 1 heterocycles. The zero-order valence-electron chi connectivity index (χ0n) is 7.92. The predicted molar refractivity (Wildman–Crippen MR) is 51.8 cm³/mol. The first kappa shape index (κ1) is 7.97. The Morgan fingerprint density at radius 1 is 1.36 bits per heavy atom. The van der Waals surface area contributed by atoms with Crippen molar-refractivity contribution in [2.24, 2.45) is 23.7 Å². The van der Waals surface area contributed by atoms with Crippen LogP contribution in [-0.4, -0.2) is 10.5 Å². The summed E-state index contributed by atoms with van der Waals surface area (Å²) in [5.41, 5.74) is 0. The third kappa shape index (κ3) is 0.783. The van der Waals surface area contributed by atoms with Crippen molar-refractivity contribution in [1.82, 2.24) is 0 Å². The molecule has 1 aliphatic carbocycles. The molecule has 0 amide bonds. The van der Waals surface area contributed by atoms with Gasteiger partial charge in [0.25, 0.3) is 0 Å². The summed E-state index contributed by atoms with van der Waals surface area (Å²) < 4.78 is 0.708. The lowest BCUT2D eigenvalue weighted by Crippen LogP contribution is -2.14. The van der Waals surface area contributed by atoms with Gasteiger partial charge in [-0.05, 0) is 29.4 Å². The van der Waals surface area contributed by atoms with Crippen molar-refractivity contribution in [3.05, 3.63) is 0 Å². The van der Waals surface area contributed by atoms with E-state index in [-0.39, 0.29) is 0 Å². The lowest BCUT2D eigenvalue weighted by molar-refractivity contribution is 0.505. The summed E-state index contributed by atoms with van der Waals surface area (Å²) >= 11 is 2.24. The van der Waals surface area contributed by atoms with E-state index < -0.39 is 0 Å². The Balaban J connectivity index is 2.18. The van der Waals surface area contributed by atoms with Gasteiger partial charge in [-0.15, -0.1) is 0 Å². The molecule has 64 valence electrons. The monoisotopic (exact) mass is 170 g/mol. The second-order valence-corrected chi connectivity index (χ2v) is 5.94. The molecule has 4 unspecified atom stereocenters. The second-order valence-electron chi connectivity index (χ2n) is 4.61. The molecule has 2 fully saturated rings. The summed E-state index contributed by atoms with van der Waals surface area (Å²) in [7, 11) is 0. The molecule has 11 heavy (non-hydrogen) atoms. The number of hydrogen-bond acceptors (Lipinski definition) is 1. The highest BCUT2D eigenvalue weighted by molar-refractivity contribution is 8.01. The van der Waals surface area contributed by atoms with Crippen LogP contribution < -0.4 is 0 Å². The fourth-order valence-corrected chi connectivity index (χ4v) is 5.27. The predicted octanol–water partition coefficient (Wildman–Crippen LogP) is 3.03. The van der Waals surface area contributed by atoms with Crippen molar-refractivity contribution in [2.75, 3.05) is 5.75 Å². The quantitative estimate of drug-likeness (QED) is 0.583. The lowest BCUT2D eigenvalue weighted by atomic mass is 10.0. The van der Waals surface area contributed by atoms with Crippen LogP contribution in [0.1, 0.15) is 27.7 Å². The molecule has 0 spiro atoms. The Bertz CT molecular complexity index is 176. The molecule has 1 heteroatoms. The first-order chi connectivity index (χ1) is 5.10. The van der Waals surface area contributed by atoms with Crippen LogP contribution in [-0.2, 0) is 0 Å². The number of fused-ring (bicyclic) bond motifs is 1. The fraction of sp³-hybridized carbons (Fsp3) is 1.00. The van der Waals surface area contributed by atoms with Crippen LogP contribution in [0.25, 0.3) is 0 Å². The molecule has 1 saturated carbocycles. The zero-order valence-corrected chi connectivity index (χ0v) is 8.74. The summed E-state index contributed by atoms with van der Waals surface area (Å²) in [6.07, 6.45) is 0. The van der Waals surface area contributed by atoms with Gasteiger partial charge in [-0.1, -0.05) is 27.7 Å². The van der Waals surface area contributed by atoms with Gasteiger partial charge in [-0.25, -0.2) is 0 Å². The molecular formula is C10H18S. The van der Waals surface area contributed by atoms with Gasteiger partial charge in [-0.2, -0.15) is 11.8 Å². The minimum absolute atomic E-state index is 0.708. The minimum atomic E-state index is 0.708. The first-order valence-corrected chi connectivity index (χ1v) is 5.73. The summed E-state index contributed by atoms with van der Waals surface area (Å²) in [6, 6.07) is 0. The van der Waals surface area contributed by atoms with Crippen LogP contribution in [0, 0.1) is 23.7 Å². The van der Waals surface area contributed by atoms with Crippen molar-refractivity contribution in [3.63, 3.8) is 0 Å². The lowest BCUT2D eigenvalue weighted by Gasteiger charge is -2.17. The Kier molecular flexibility index (Phi) is 1.58. The molecule has 2 rings (SSSR count). The summed E-state index contributed by atoms with van der Waals surface area (Å²) in [5.74, 6) is 5.33. The highest BCUT2D eigenvalue weighted by Crippen LogP contribution is 2.71. The maximum atomic E-state index is 2.44. The van der Waals surface area contributed by atoms with Gasteiger partial charge >= 0.3 is 0 Å². The van der Waals surface area contributed by atoms with Gasteiger partial charge in [0.05, 0.1) is 0 Å². The third-order valence-corrected chi connectivity index (χ3v) is 6.08. The molecule has 0 aromatic heterocycles. The van der Waals surface area contributed by atoms with Crippen molar-refractivity contribution in [2.45, 2.75) is 32.4 Å². The Labute approximate surface area is 74.1 Å². The van der Waals surface area contributed by atoms with Crippen molar-refractivity contribution < 1.29 is 0 Å². The second kappa shape index (κ2) is 2.18. The number of hydrogen-bond donors (Lipinski definition) is 0. The van der Waals surface area contributed by atoms with Crippen LogP contribution in [0.2, 0.25) is 0 Å². The van der Waals surface area contributed by atoms with Crippen LogP contribution in [0.15, 0.2) is 0 Å². The summed E-state index contributed by atoms with van der Waals surface area (Å²) in [5, 5.41) is 0. The highest BCUT2D eigenvalue weighted by Gasteiger charge is 2.68. The molecule has 0 N–H and O–H groups in total. The van der Waals surface area contributed by atoms with E-state index in [0.717, 1.165) is 23.7 Å². The first-order valence-electron chi connectivity index (χ1n) is 4.74. The van der Waals surface area contributed by atoms with E-state index in [9.17, 15) is 0 Å². The Hall–Kier alpha value is 0.350. The zero-order chi connectivity index (χ0) is 8.22. The molecule has 0 radical (unpaired) electrons. The average Bonchev–Trinajstić information content (AvgIpc) is 2.32. The topological polar surface area (TPSA) is 0 Å². The van der Waals surface area contributed by atoms with Crippen LogP contribution >= 0.6 is 11.8 Å². The van der Waals surface area contributed by atoms with Gasteiger partial charge < -0.3 is 0 Å². The van der Waals surface area contributed by atoms with E-state index in [0.29, 0.717) is 4.75 Å². The summed E-state index contributed by atoms with van der Waals surface area (Å²) in [6.45, 7) is 9.64. The number of rotatable bonds is 1. The highest BCUT2D eigenvalue weighted by atomic mass is 32.2. The van der Waals surface area contributed by atoms with Crippen molar-refractivity contribution in [3.8, 4) is 0 Å². The molecule has 0 aromatic rings. The smallest absolute Gasteiger partial charge is 0.0245 e. The van der Waals surface area contributed by atoms with Gasteiger partial charge in [0.15, 0.2) is 0 Å². The fourth-order valence-electron chi connectivity index (χ4n) is 3.21. The van der Waals surface area contributed by atoms with E-state index in [1.807, 2.05) is 0 Å². The van der Waals surface area contributed by atoms with Crippen LogP contribution in [0.4, 0.5) is 0 Å². The van der Waals surface area contributed by atoms with Crippen LogP contribution in [0.5, 0.6) is 0 Å². The molecule has 0 nitrogen and oxygen atoms in total. The van der Waals surface area contributed by atoms with E-state index in [2.05, 4.69) is 39.5 Å². The molecule has 2 aliphatic rings. The molecule has 0 bridgehead atoms. The van der Waals surface area contributed by atoms with Gasteiger partial charge in [-0.3, -0.25) is 0 Å². The Morgan fingerprint density at radius 2 is 2.00 bits per heavy atom. The molecule has 1 saturated heterocycles. The third-order valence-electron chi connectivity index (χ3n) is 3.77. The maximum absolute atomic E-state index is 2.44. The molecule has 4 atom stereocenters. The summed E-state index contributed by atoms with van der Waals surface area (Å²) in [4.78, 5) is 0. The molecule has 0 aromatic carbocycles. The van der Waals surface area contributed by atoms with E-state index >= 15 is 0 Å². The molecule has 1 aliphatic heterocycles. The Morgan fingerprint density at radius 3 is 2.27 bits per heavy atom. The van der Waals surface area contributed by atoms with Gasteiger partial charge in [0.1, 0.15) is 0 Å². The van der Waals surface area contributed by atoms with E-state index in [1.54, 1.807) is 0 Å². The standard InChI is InChI=1S/C10H18S/c1-6(2)10-8(4)9(10)7(3)5-11-10/h6-9H,5H2,1-4H3. The maximum Gasteiger partial charge on any atom is 0.0245 e.